The van der Waals surface area contributed by atoms with Crippen LogP contribution >= 0.6 is 0 Å². The van der Waals surface area contributed by atoms with Crippen LogP contribution in [0.2, 0.25) is 0 Å². The molecule has 0 amide bonds. The first-order chi connectivity index (χ1) is 21.3. The van der Waals surface area contributed by atoms with Crippen LogP contribution in [0.5, 0.6) is 11.5 Å². The Labute approximate surface area is 255 Å². The van der Waals surface area contributed by atoms with Gasteiger partial charge in [-0.15, -0.1) is 0 Å². The zero-order chi connectivity index (χ0) is 31.1. The van der Waals surface area contributed by atoms with Crippen molar-refractivity contribution in [3.05, 3.63) is 119 Å². The predicted octanol–water partition coefficient (Wildman–Crippen LogP) is 2.70. The molecule has 3 N–H and O–H groups in total. The molecular formula is C32H30B2O10. The van der Waals surface area contributed by atoms with Gasteiger partial charge in [0.2, 0.25) is 12.2 Å². The number of carbonyl (C=O) groups is 2. The minimum atomic E-state index is -1.09. The van der Waals surface area contributed by atoms with Gasteiger partial charge in [0.05, 0.1) is 19.8 Å². The molecule has 0 fully saturated rings. The van der Waals surface area contributed by atoms with E-state index in [1.165, 1.54) is 0 Å². The van der Waals surface area contributed by atoms with Gasteiger partial charge in [0.15, 0.2) is 0 Å². The standard InChI is InChI=1S/C17H17BO5.C15H13BO5/c1-2-21-17(19)16(12-6-4-3-5-7-12)23-14-9-8-13-11-22-18(20)15(13)10-14;17-15(18)14(10-4-2-1-3-5-10)21-12-7-6-11-9-20-16(19)13(11)8-12/h3-10,16,20H,2,11H2,1H3;1-8,14,19H,9H2,(H,17,18). The fourth-order valence-electron chi connectivity index (χ4n) is 4.79. The summed E-state index contributed by atoms with van der Waals surface area (Å²) in [6.45, 7) is 2.75. The van der Waals surface area contributed by atoms with Gasteiger partial charge in [-0.25, -0.2) is 9.59 Å². The average molecular weight is 596 g/mol. The van der Waals surface area contributed by atoms with E-state index in [2.05, 4.69) is 0 Å². The van der Waals surface area contributed by atoms with Crippen LogP contribution in [0, 0.1) is 0 Å². The highest BCUT2D eigenvalue weighted by Crippen LogP contribution is 2.26. The van der Waals surface area contributed by atoms with Crippen molar-refractivity contribution in [3.8, 4) is 11.5 Å². The van der Waals surface area contributed by atoms with E-state index in [0.29, 0.717) is 46.8 Å². The van der Waals surface area contributed by atoms with Gasteiger partial charge in [0, 0.05) is 11.1 Å². The molecule has 0 saturated heterocycles. The first-order valence-corrected chi connectivity index (χ1v) is 14.0. The zero-order valence-electron chi connectivity index (χ0n) is 23.9. The Hall–Kier alpha value is -4.61. The largest absolute Gasteiger partial charge is 0.491 e. The minimum absolute atomic E-state index is 0.280. The van der Waals surface area contributed by atoms with Crippen LogP contribution in [0.3, 0.4) is 0 Å². The maximum Gasteiger partial charge on any atom is 0.491 e. The highest BCUT2D eigenvalue weighted by molar-refractivity contribution is 6.62. The first-order valence-electron chi connectivity index (χ1n) is 14.0. The summed E-state index contributed by atoms with van der Waals surface area (Å²) < 4.78 is 26.8. The minimum Gasteiger partial charge on any atom is -0.478 e. The summed E-state index contributed by atoms with van der Waals surface area (Å²) in [5, 5.41) is 28.8. The lowest BCUT2D eigenvalue weighted by atomic mass is 9.79. The number of benzene rings is 4. The molecule has 4 aromatic rings. The quantitative estimate of drug-likeness (QED) is 0.195. The summed E-state index contributed by atoms with van der Waals surface area (Å²) in [4.78, 5) is 23.6. The van der Waals surface area contributed by atoms with Gasteiger partial charge in [-0.2, -0.15) is 0 Å². The summed E-state index contributed by atoms with van der Waals surface area (Å²) in [6, 6.07) is 28.2. The molecule has 4 aromatic carbocycles. The van der Waals surface area contributed by atoms with Crippen LogP contribution in [-0.4, -0.2) is 47.9 Å². The third kappa shape index (κ3) is 7.29. The highest BCUT2D eigenvalue weighted by atomic mass is 16.6. The van der Waals surface area contributed by atoms with Crippen molar-refractivity contribution in [2.24, 2.45) is 0 Å². The fraction of sp³-hybridized carbons (Fsp3) is 0.188. The monoisotopic (exact) mass is 596 g/mol. The van der Waals surface area contributed by atoms with E-state index in [0.717, 1.165) is 11.1 Å². The van der Waals surface area contributed by atoms with E-state index >= 15 is 0 Å². The van der Waals surface area contributed by atoms with Crippen molar-refractivity contribution in [1.82, 2.24) is 0 Å². The molecule has 2 aliphatic heterocycles. The second-order valence-electron chi connectivity index (χ2n) is 9.96. The molecule has 0 aliphatic carbocycles. The molecule has 0 saturated carbocycles. The second-order valence-corrected chi connectivity index (χ2v) is 9.96. The van der Waals surface area contributed by atoms with Gasteiger partial charge >= 0.3 is 26.2 Å². The molecule has 2 unspecified atom stereocenters. The number of rotatable bonds is 9. The highest BCUT2D eigenvalue weighted by Gasteiger charge is 2.30. The molecule has 0 aromatic heterocycles. The van der Waals surface area contributed by atoms with Crippen molar-refractivity contribution < 1.29 is 48.3 Å². The van der Waals surface area contributed by atoms with Crippen molar-refractivity contribution >= 4 is 37.1 Å². The molecule has 224 valence electrons. The average Bonchev–Trinajstić information content (AvgIpc) is 3.61. The maximum atomic E-state index is 12.2. The van der Waals surface area contributed by atoms with Gasteiger partial charge < -0.3 is 38.7 Å². The SMILES string of the molecule is CCOC(=O)C(Oc1ccc2c(c1)B(O)OC2)c1ccccc1.O=C(O)C(Oc1ccc2c(c1)B(O)OC2)c1ccccc1. The number of esters is 1. The Morgan fingerprint density at radius 3 is 1.64 bits per heavy atom. The number of ether oxygens (including phenoxy) is 3. The van der Waals surface area contributed by atoms with Gasteiger partial charge in [-0.3, -0.25) is 0 Å². The number of hydrogen-bond donors (Lipinski definition) is 3. The molecular weight excluding hydrogens is 566 g/mol. The summed E-state index contributed by atoms with van der Waals surface area (Å²) >= 11 is 0. The first kappa shape index (κ1) is 30.8. The lowest BCUT2D eigenvalue weighted by Gasteiger charge is -2.18. The van der Waals surface area contributed by atoms with Crippen LogP contribution < -0.4 is 20.4 Å². The van der Waals surface area contributed by atoms with Crippen LogP contribution in [-0.2, 0) is 36.8 Å². The summed E-state index contributed by atoms with van der Waals surface area (Å²) in [5.41, 5.74) is 4.34. The van der Waals surface area contributed by atoms with E-state index in [9.17, 15) is 24.7 Å². The number of carboxylic acid groups (broad SMARTS) is 1. The number of fused-ring (bicyclic) bond motifs is 2. The van der Waals surface area contributed by atoms with Gasteiger partial charge in [-0.1, -0.05) is 72.8 Å². The lowest BCUT2D eigenvalue weighted by molar-refractivity contribution is -0.151. The molecule has 2 heterocycles. The molecule has 2 aliphatic rings. The topological polar surface area (TPSA) is 141 Å². The number of carboxylic acids is 1. The Morgan fingerprint density at radius 1 is 0.727 bits per heavy atom. The van der Waals surface area contributed by atoms with Crippen molar-refractivity contribution in [2.75, 3.05) is 6.61 Å². The second kappa shape index (κ2) is 14.2. The normalized spacial score (nSPS) is 14.4. The smallest absolute Gasteiger partial charge is 0.478 e. The Kier molecular flexibility index (Phi) is 9.98. The zero-order valence-corrected chi connectivity index (χ0v) is 23.9. The van der Waals surface area contributed by atoms with Gasteiger partial charge in [0.1, 0.15) is 11.5 Å². The van der Waals surface area contributed by atoms with Crippen molar-refractivity contribution in [1.29, 1.82) is 0 Å². The molecule has 44 heavy (non-hydrogen) atoms. The Bertz CT molecular complexity index is 1580. The van der Waals surface area contributed by atoms with Crippen molar-refractivity contribution in [2.45, 2.75) is 32.3 Å². The van der Waals surface area contributed by atoms with Crippen LogP contribution in [0.4, 0.5) is 0 Å². The fourth-order valence-corrected chi connectivity index (χ4v) is 4.79. The summed E-state index contributed by atoms with van der Waals surface area (Å²) in [6.07, 6.45) is -1.95. The van der Waals surface area contributed by atoms with E-state index in [1.54, 1.807) is 61.5 Å². The molecule has 0 spiro atoms. The molecule has 6 rings (SSSR count). The van der Waals surface area contributed by atoms with Gasteiger partial charge in [0.25, 0.3) is 0 Å². The number of carbonyl (C=O) groups excluding carboxylic acids is 1. The molecule has 10 nitrogen and oxygen atoms in total. The Morgan fingerprint density at radius 2 is 1.18 bits per heavy atom. The molecule has 12 heteroatoms. The summed E-state index contributed by atoms with van der Waals surface area (Å²) in [7, 11) is -1.94. The maximum absolute atomic E-state index is 12.2. The van der Waals surface area contributed by atoms with Crippen LogP contribution in [0.15, 0.2) is 97.1 Å². The van der Waals surface area contributed by atoms with Gasteiger partial charge in [-0.05, 0) is 53.2 Å². The molecule has 0 bridgehead atoms. The number of hydrogen-bond acceptors (Lipinski definition) is 9. The molecule has 0 radical (unpaired) electrons. The van der Waals surface area contributed by atoms with Crippen LogP contribution in [0.1, 0.15) is 41.4 Å². The Balaban J connectivity index is 0.000000175. The molecule has 2 atom stereocenters. The third-order valence-electron chi connectivity index (χ3n) is 7.00. The van der Waals surface area contributed by atoms with Crippen molar-refractivity contribution in [3.63, 3.8) is 0 Å². The van der Waals surface area contributed by atoms with E-state index < -0.39 is 38.4 Å². The summed E-state index contributed by atoms with van der Waals surface area (Å²) in [5.74, 6) is -0.653. The van der Waals surface area contributed by atoms with Crippen LogP contribution in [0.25, 0.3) is 0 Å². The van der Waals surface area contributed by atoms with E-state index in [4.69, 9.17) is 23.5 Å². The lowest BCUT2D eigenvalue weighted by Crippen LogP contribution is -2.28. The van der Waals surface area contributed by atoms with E-state index in [1.807, 2.05) is 42.5 Å². The van der Waals surface area contributed by atoms with E-state index in [-0.39, 0.29) is 6.61 Å². The predicted molar refractivity (Wildman–Crippen MR) is 162 cm³/mol. The third-order valence-corrected chi connectivity index (χ3v) is 7.00. The number of aliphatic carboxylic acids is 1.